The van der Waals surface area contributed by atoms with Gasteiger partial charge in [-0.25, -0.2) is 0 Å². The molecule has 0 aliphatic carbocycles. The van der Waals surface area contributed by atoms with Crippen LogP contribution in [0, 0.1) is 0 Å². The van der Waals surface area contributed by atoms with Gasteiger partial charge in [-0.3, -0.25) is 0 Å². The predicted octanol–water partition coefficient (Wildman–Crippen LogP) is 5.41. The molecule has 0 saturated heterocycles. The lowest BCUT2D eigenvalue weighted by Crippen LogP contribution is -2.19. The summed E-state index contributed by atoms with van der Waals surface area (Å²) in [5.74, 6) is 1.27. The van der Waals surface area contributed by atoms with Crippen molar-refractivity contribution in [1.82, 2.24) is 0 Å². The van der Waals surface area contributed by atoms with Gasteiger partial charge < -0.3 is 10.5 Å². The summed E-state index contributed by atoms with van der Waals surface area (Å²) in [5.41, 5.74) is 8.17. The van der Waals surface area contributed by atoms with Gasteiger partial charge in [0.25, 0.3) is 0 Å². The van der Waals surface area contributed by atoms with Gasteiger partial charge in [-0.2, -0.15) is 0 Å². The molecule has 4 heteroatoms. The van der Waals surface area contributed by atoms with Gasteiger partial charge in [-0.15, -0.1) is 0 Å². The maximum Gasteiger partial charge on any atom is 0.137 e. The Bertz CT molecular complexity index is 613. The maximum atomic E-state index is 6.20. The summed E-state index contributed by atoms with van der Waals surface area (Å²) in [6.45, 7) is 4.74. The fourth-order valence-corrected chi connectivity index (χ4v) is 3.12. The number of nitrogens with two attached hydrogens (primary N) is 1. The van der Waals surface area contributed by atoms with E-state index in [0.29, 0.717) is 12.5 Å². The van der Waals surface area contributed by atoms with Crippen LogP contribution in [0.3, 0.4) is 0 Å². The van der Waals surface area contributed by atoms with E-state index >= 15 is 0 Å². The van der Waals surface area contributed by atoms with Crippen molar-refractivity contribution in [3.63, 3.8) is 0 Å². The van der Waals surface area contributed by atoms with Gasteiger partial charge in [0.2, 0.25) is 0 Å². The average Bonchev–Trinajstić information content (AvgIpc) is 2.46. The molecule has 0 amide bonds. The molecule has 2 aromatic rings. The van der Waals surface area contributed by atoms with E-state index in [1.807, 2.05) is 36.4 Å². The highest BCUT2D eigenvalue weighted by atomic mass is 79.9. The summed E-state index contributed by atoms with van der Waals surface area (Å²) in [6.07, 6.45) is -0.167. The van der Waals surface area contributed by atoms with E-state index in [1.54, 1.807) is 0 Å². The predicted molar refractivity (Wildman–Crippen MR) is 94.8 cm³/mol. The summed E-state index contributed by atoms with van der Waals surface area (Å²) < 4.78 is 8.28. The van der Waals surface area contributed by atoms with Crippen LogP contribution in [0.15, 0.2) is 51.4 Å². The Kier molecular flexibility index (Phi) is 5.85. The zero-order valence-electron chi connectivity index (χ0n) is 12.1. The molecule has 1 atom stereocenters. The minimum absolute atomic E-state index is 0.167. The molecule has 0 aromatic heterocycles. The van der Waals surface area contributed by atoms with Crippen LogP contribution in [0.4, 0.5) is 0 Å². The average molecular weight is 413 g/mol. The summed E-state index contributed by atoms with van der Waals surface area (Å²) in [5, 5.41) is 0. The number of halogens is 2. The summed E-state index contributed by atoms with van der Waals surface area (Å²) in [6, 6.07) is 14.1. The molecule has 2 N–H and O–H groups in total. The Morgan fingerprint density at radius 1 is 1.05 bits per heavy atom. The van der Waals surface area contributed by atoms with E-state index < -0.39 is 0 Å². The van der Waals surface area contributed by atoms with E-state index in [-0.39, 0.29) is 6.10 Å². The van der Waals surface area contributed by atoms with Crippen LogP contribution < -0.4 is 10.5 Å². The Morgan fingerprint density at radius 2 is 1.76 bits per heavy atom. The third kappa shape index (κ3) is 4.09. The highest BCUT2D eigenvalue weighted by molar-refractivity contribution is 9.10. The fourth-order valence-electron chi connectivity index (χ4n) is 2.21. The largest absolute Gasteiger partial charge is 0.484 e. The SMILES string of the molecule is CC(C)c1cc(Br)ccc1OC(CN)c1ccccc1Br. The van der Waals surface area contributed by atoms with Gasteiger partial charge in [0.15, 0.2) is 0 Å². The molecule has 1 unspecified atom stereocenters. The van der Waals surface area contributed by atoms with Crippen molar-refractivity contribution in [2.45, 2.75) is 25.9 Å². The molecular weight excluding hydrogens is 394 g/mol. The number of ether oxygens (including phenoxy) is 1. The van der Waals surface area contributed by atoms with Crippen molar-refractivity contribution in [2.24, 2.45) is 5.73 Å². The highest BCUT2D eigenvalue weighted by Crippen LogP contribution is 2.34. The lowest BCUT2D eigenvalue weighted by molar-refractivity contribution is 0.210. The number of rotatable bonds is 5. The zero-order chi connectivity index (χ0) is 15.4. The van der Waals surface area contributed by atoms with Gasteiger partial charge in [0.1, 0.15) is 11.9 Å². The standard InChI is InChI=1S/C17H19Br2NO/c1-11(2)14-9-12(18)7-8-16(14)21-17(10-20)13-5-3-4-6-15(13)19/h3-9,11,17H,10,20H2,1-2H3. The molecule has 0 radical (unpaired) electrons. The van der Waals surface area contributed by atoms with Gasteiger partial charge >= 0.3 is 0 Å². The van der Waals surface area contributed by atoms with Crippen molar-refractivity contribution >= 4 is 31.9 Å². The first-order valence-corrected chi connectivity index (χ1v) is 8.52. The third-order valence-corrected chi connectivity index (χ3v) is 4.54. The normalized spacial score (nSPS) is 12.5. The Balaban J connectivity index is 2.33. The third-order valence-electron chi connectivity index (χ3n) is 3.33. The second-order valence-corrected chi connectivity index (χ2v) is 6.97. The van der Waals surface area contributed by atoms with E-state index in [9.17, 15) is 0 Å². The molecule has 0 spiro atoms. The van der Waals surface area contributed by atoms with E-state index in [0.717, 1.165) is 20.3 Å². The van der Waals surface area contributed by atoms with Gasteiger partial charge in [-0.1, -0.05) is 63.9 Å². The molecule has 112 valence electrons. The quantitative estimate of drug-likeness (QED) is 0.711. The molecule has 0 heterocycles. The van der Waals surface area contributed by atoms with E-state index in [4.69, 9.17) is 10.5 Å². The topological polar surface area (TPSA) is 35.2 Å². The van der Waals surface area contributed by atoms with Crippen LogP contribution in [0.25, 0.3) is 0 Å². The minimum Gasteiger partial charge on any atom is -0.484 e. The zero-order valence-corrected chi connectivity index (χ0v) is 15.3. The van der Waals surface area contributed by atoms with Gasteiger partial charge in [0.05, 0.1) is 0 Å². The first-order valence-electron chi connectivity index (χ1n) is 6.93. The first-order chi connectivity index (χ1) is 10.0. The number of hydrogen-bond donors (Lipinski definition) is 1. The fraction of sp³-hybridized carbons (Fsp3) is 0.294. The smallest absolute Gasteiger partial charge is 0.137 e. The van der Waals surface area contributed by atoms with Crippen LogP contribution >= 0.6 is 31.9 Å². The Labute approximate surface area is 143 Å². The van der Waals surface area contributed by atoms with Crippen molar-refractivity contribution in [3.05, 3.63) is 62.5 Å². The Morgan fingerprint density at radius 3 is 2.38 bits per heavy atom. The molecule has 2 nitrogen and oxygen atoms in total. The van der Waals surface area contributed by atoms with Crippen LogP contribution in [0.1, 0.15) is 37.0 Å². The van der Waals surface area contributed by atoms with E-state index in [2.05, 4.69) is 51.8 Å². The monoisotopic (exact) mass is 411 g/mol. The molecule has 0 saturated carbocycles. The number of hydrogen-bond acceptors (Lipinski definition) is 2. The van der Waals surface area contributed by atoms with Crippen LogP contribution in [-0.2, 0) is 0 Å². The van der Waals surface area contributed by atoms with Crippen molar-refractivity contribution < 1.29 is 4.74 Å². The van der Waals surface area contributed by atoms with E-state index in [1.165, 1.54) is 5.56 Å². The van der Waals surface area contributed by atoms with Crippen molar-refractivity contribution in [1.29, 1.82) is 0 Å². The molecule has 2 rings (SSSR count). The molecule has 0 aliphatic heterocycles. The van der Waals surface area contributed by atoms with Gasteiger partial charge in [-0.05, 0) is 35.7 Å². The molecule has 0 aliphatic rings. The maximum absolute atomic E-state index is 6.20. The summed E-state index contributed by atoms with van der Waals surface area (Å²) in [7, 11) is 0. The second-order valence-electron chi connectivity index (χ2n) is 5.20. The highest BCUT2D eigenvalue weighted by Gasteiger charge is 2.17. The van der Waals surface area contributed by atoms with Crippen LogP contribution in [0.5, 0.6) is 5.75 Å². The van der Waals surface area contributed by atoms with Crippen molar-refractivity contribution in [2.75, 3.05) is 6.54 Å². The summed E-state index contributed by atoms with van der Waals surface area (Å²) in [4.78, 5) is 0. The minimum atomic E-state index is -0.167. The molecular formula is C17H19Br2NO. The van der Waals surface area contributed by atoms with Gasteiger partial charge in [0, 0.05) is 21.1 Å². The molecule has 21 heavy (non-hydrogen) atoms. The molecule has 0 fully saturated rings. The molecule has 2 aromatic carbocycles. The number of benzene rings is 2. The van der Waals surface area contributed by atoms with Crippen molar-refractivity contribution in [3.8, 4) is 5.75 Å². The lowest BCUT2D eigenvalue weighted by Gasteiger charge is -2.22. The first kappa shape index (κ1) is 16.5. The second kappa shape index (κ2) is 7.43. The van der Waals surface area contributed by atoms with Crippen LogP contribution in [-0.4, -0.2) is 6.54 Å². The Hall–Kier alpha value is -0.840. The lowest BCUT2D eigenvalue weighted by atomic mass is 10.0. The van der Waals surface area contributed by atoms with Crippen LogP contribution in [0.2, 0.25) is 0 Å². The molecule has 0 bridgehead atoms. The summed E-state index contributed by atoms with van der Waals surface area (Å²) >= 11 is 7.08.